The monoisotopic (exact) mass is 334 g/mol. The number of carbonyl (C=O) groups is 1. The average Bonchev–Trinajstić information content (AvgIpc) is 2.29. The topological polar surface area (TPSA) is 46.5 Å². The van der Waals surface area contributed by atoms with Gasteiger partial charge in [-0.3, -0.25) is 0 Å². The van der Waals surface area contributed by atoms with Gasteiger partial charge in [0.2, 0.25) is 0 Å². The Morgan fingerprint density at radius 1 is 1.25 bits per heavy atom. The predicted molar refractivity (Wildman–Crippen MR) is 70.4 cm³/mol. The largest absolute Gasteiger partial charge is 0.462 e. The van der Waals surface area contributed by atoms with E-state index in [9.17, 15) is 4.79 Å². The van der Waals surface area contributed by atoms with Crippen LogP contribution in [0.5, 0.6) is 0 Å². The third-order valence-corrected chi connectivity index (χ3v) is 3.07. The number of hydrogen-bond donors (Lipinski definition) is 1. The SMILES string of the molecule is O=C(OCCCCCO)c1ccccc1I. The van der Waals surface area contributed by atoms with E-state index in [0.29, 0.717) is 12.2 Å². The Balaban J connectivity index is 2.33. The van der Waals surface area contributed by atoms with Crippen LogP contribution in [-0.2, 0) is 4.74 Å². The molecule has 4 heteroatoms. The first kappa shape index (κ1) is 13.4. The number of aliphatic hydroxyl groups excluding tert-OH is 1. The summed E-state index contributed by atoms with van der Waals surface area (Å²) in [5, 5.41) is 8.58. The minimum Gasteiger partial charge on any atom is -0.462 e. The molecule has 0 saturated carbocycles. The Bertz CT molecular complexity index is 339. The van der Waals surface area contributed by atoms with E-state index in [1.54, 1.807) is 6.07 Å². The van der Waals surface area contributed by atoms with Crippen molar-refractivity contribution in [3.63, 3.8) is 0 Å². The lowest BCUT2D eigenvalue weighted by Crippen LogP contribution is -2.08. The summed E-state index contributed by atoms with van der Waals surface area (Å²) in [4.78, 5) is 11.6. The van der Waals surface area contributed by atoms with Crippen LogP contribution in [0.1, 0.15) is 29.6 Å². The maximum absolute atomic E-state index is 11.6. The number of ether oxygens (including phenoxy) is 1. The molecule has 1 N–H and O–H groups in total. The number of rotatable bonds is 6. The zero-order chi connectivity index (χ0) is 11.8. The molecule has 0 aromatic heterocycles. The quantitative estimate of drug-likeness (QED) is 0.494. The van der Waals surface area contributed by atoms with Gasteiger partial charge < -0.3 is 9.84 Å². The molecule has 1 aromatic rings. The molecule has 0 radical (unpaired) electrons. The molecule has 88 valence electrons. The summed E-state index contributed by atoms with van der Waals surface area (Å²) in [6.45, 7) is 0.619. The van der Waals surface area contributed by atoms with Gasteiger partial charge in [0.15, 0.2) is 0 Å². The first-order valence-electron chi connectivity index (χ1n) is 5.28. The molecule has 16 heavy (non-hydrogen) atoms. The van der Waals surface area contributed by atoms with Crippen LogP contribution in [0.4, 0.5) is 0 Å². The minimum absolute atomic E-state index is 0.199. The van der Waals surface area contributed by atoms with E-state index in [4.69, 9.17) is 9.84 Å². The highest BCUT2D eigenvalue weighted by atomic mass is 127. The number of hydrogen-bond acceptors (Lipinski definition) is 3. The van der Waals surface area contributed by atoms with Crippen LogP contribution < -0.4 is 0 Å². The number of halogens is 1. The van der Waals surface area contributed by atoms with Crippen molar-refractivity contribution in [2.45, 2.75) is 19.3 Å². The Morgan fingerprint density at radius 3 is 2.69 bits per heavy atom. The molecule has 1 rings (SSSR count). The summed E-state index contributed by atoms with van der Waals surface area (Å²) >= 11 is 2.12. The highest BCUT2D eigenvalue weighted by Crippen LogP contribution is 2.12. The van der Waals surface area contributed by atoms with E-state index >= 15 is 0 Å². The second-order valence-electron chi connectivity index (χ2n) is 3.40. The number of unbranched alkanes of at least 4 members (excludes halogenated alkanes) is 2. The van der Waals surface area contributed by atoms with Crippen LogP contribution in [0.15, 0.2) is 24.3 Å². The van der Waals surface area contributed by atoms with Crippen LogP contribution in [0.2, 0.25) is 0 Å². The highest BCUT2D eigenvalue weighted by molar-refractivity contribution is 14.1. The molecule has 0 aliphatic heterocycles. The Morgan fingerprint density at radius 2 is 2.00 bits per heavy atom. The number of aliphatic hydroxyl groups is 1. The van der Waals surface area contributed by atoms with Crippen molar-refractivity contribution in [3.05, 3.63) is 33.4 Å². The van der Waals surface area contributed by atoms with E-state index in [1.165, 1.54) is 0 Å². The van der Waals surface area contributed by atoms with Crippen molar-refractivity contribution in [1.82, 2.24) is 0 Å². The van der Waals surface area contributed by atoms with Gasteiger partial charge >= 0.3 is 5.97 Å². The van der Waals surface area contributed by atoms with Crippen molar-refractivity contribution in [2.75, 3.05) is 13.2 Å². The molecule has 0 amide bonds. The first-order chi connectivity index (χ1) is 7.75. The van der Waals surface area contributed by atoms with E-state index in [1.807, 2.05) is 18.2 Å². The first-order valence-corrected chi connectivity index (χ1v) is 6.36. The van der Waals surface area contributed by atoms with Crippen molar-refractivity contribution in [2.24, 2.45) is 0 Å². The second-order valence-corrected chi connectivity index (χ2v) is 4.56. The lowest BCUT2D eigenvalue weighted by molar-refractivity contribution is 0.0495. The highest BCUT2D eigenvalue weighted by Gasteiger charge is 2.09. The third-order valence-electron chi connectivity index (χ3n) is 2.13. The molecule has 0 unspecified atom stereocenters. The van der Waals surface area contributed by atoms with E-state index in [0.717, 1.165) is 22.8 Å². The van der Waals surface area contributed by atoms with Gasteiger partial charge in [-0.05, 0) is 54.0 Å². The van der Waals surface area contributed by atoms with Gasteiger partial charge in [-0.1, -0.05) is 12.1 Å². The van der Waals surface area contributed by atoms with Gasteiger partial charge in [0.25, 0.3) is 0 Å². The van der Waals surface area contributed by atoms with Gasteiger partial charge in [0.1, 0.15) is 0 Å². The molecule has 0 bridgehead atoms. The van der Waals surface area contributed by atoms with Gasteiger partial charge in [0, 0.05) is 10.2 Å². The zero-order valence-electron chi connectivity index (χ0n) is 8.99. The van der Waals surface area contributed by atoms with Gasteiger partial charge in [-0.25, -0.2) is 4.79 Å². The molecule has 0 heterocycles. The average molecular weight is 334 g/mol. The fraction of sp³-hybridized carbons (Fsp3) is 0.417. The lowest BCUT2D eigenvalue weighted by Gasteiger charge is -2.05. The van der Waals surface area contributed by atoms with Crippen LogP contribution in [0.3, 0.4) is 0 Å². The maximum atomic E-state index is 11.6. The minimum atomic E-state index is -0.269. The van der Waals surface area contributed by atoms with E-state index in [-0.39, 0.29) is 12.6 Å². The summed E-state index contributed by atoms with van der Waals surface area (Å²) in [5.74, 6) is -0.269. The molecule has 3 nitrogen and oxygen atoms in total. The molecule has 0 aliphatic rings. The molecule has 0 saturated heterocycles. The van der Waals surface area contributed by atoms with E-state index in [2.05, 4.69) is 22.6 Å². The fourth-order valence-electron chi connectivity index (χ4n) is 1.26. The smallest absolute Gasteiger partial charge is 0.339 e. The molecular weight excluding hydrogens is 319 g/mol. The number of carbonyl (C=O) groups excluding carboxylic acids is 1. The van der Waals surface area contributed by atoms with Crippen LogP contribution in [0.25, 0.3) is 0 Å². The molecule has 0 spiro atoms. The van der Waals surface area contributed by atoms with Gasteiger partial charge in [0.05, 0.1) is 12.2 Å². The summed E-state index contributed by atoms with van der Waals surface area (Å²) in [7, 11) is 0. The molecule has 0 atom stereocenters. The summed E-state index contributed by atoms with van der Waals surface area (Å²) in [5.41, 5.74) is 0.616. The van der Waals surface area contributed by atoms with Gasteiger partial charge in [-0.2, -0.15) is 0 Å². The standard InChI is InChI=1S/C12H15IO3/c13-11-7-3-2-6-10(11)12(15)16-9-5-1-4-8-14/h2-3,6-7,14H,1,4-5,8-9H2. The normalized spacial score (nSPS) is 10.1. The van der Waals surface area contributed by atoms with Crippen LogP contribution in [-0.4, -0.2) is 24.3 Å². The maximum Gasteiger partial charge on any atom is 0.339 e. The van der Waals surface area contributed by atoms with Gasteiger partial charge in [-0.15, -0.1) is 0 Å². The van der Waals surface area contributed by atoms with Crippen molar-refractivity contribution in [3.8, 4) is 0 Å². The third kappa shape index (κ3) is 4.49. The second kappa shape index (κ2) is 7.62. The van der Waals surface area contributed by atoms with Crippen molar-refractivity contribution >= 4 is 28.6 Å². The lowest BCUT2D eigenvalue weighted by atomic mass is 10.2. The predicted octanol–water partition coefficient (Wildman–Crippen LogP) is 2.61. The molecule has 0 aliphatic carbocycles. The number of benzene rings is 1. The summed E-state index contributed by atoms with van der Waals surface area (Å²) in [6, 6.07) is 7.35. The Hall–Kier alpha value is -0.620. The van der Waals surface area contributed by atoms with E-state index < -0.39 is 0 Å². The summed E-state index contributed by atoms with van der Waals surface area (Å²) < 4.78 is 6.03. The van der Waals surface area contributed by atoms with Crippen LogP contribution >= 0.6 is 22.6 Å². The molecular formula is C12H15IO3. The van der Waals surface area contributed by atoms with Crippen molar-refractivity contribution in [1.29, 1.82) is 0 Å². The van der Waals surface area contributed by atoms with Crippen molar-refractivity contribution < 1.29 is 14.6 Å². The Labute approximate surface area is 109 Å². The van der Waals surface area contributed by atoms with Crippen LogP contribution in [0, 0.1) is 3.57 Å². The Kier molecular flexibility index (Phi) is 6.40. The number of esters is 1. The molecule has 0 fully saturated rings. The summed E-state index contributed by atoms with van der Waals surface area (Å²) in [6.07, 6.45) is 2.45. The molecule has 1 aromatic carbocycles. The zero-order valence-corrected chi connectivity index (χ0v) is 11.1. The fourth-order valence-corrected chi connectivity index (χ4v) is 1.87.